The molecule has 0 unspecified atom stereocenters. The predicted molar refractivity (Wildman–Crippen MR) is 39.9 cm³/mol. The van der Waals surface area contributed by atoms with Crippen molar-refractivity contribution in [3.05, 3.63) is 0 Å². The van der Waals surface area contributed by atoms with E-state index in [0.29, 0.717) is 6.54 Å². The molecule has 1 amide bonds. The molecule has 0 aromatic carbocycles. The predicted octanol–water partition coefficient (Wildman–Crippen LogP) is 0.00960. The molecule has 0 saturated heterocycles. The lowest BCUT2D eigenvalue weighted by Crippen LogP contribution is -2.09. The highest BCUT2D eigenvalue weighted by Gasteiger charge is 1.71. The van der Waals surface area contributed by atoms with Crippen molar-refractivity contribution in [3.8, 4) is 11.8 Å². The van der Waals surface area contributed by atoms with Gasteiger partial charge in [0.25, 0.3) is 0 Å². The Balaban J connectivity index is 3.05. The third kappa shape index (κ3) is 7.38. The highest BCUT2D eigenvalue weighted by molar-refractivity contribution is 7.98. The fourth-order valence-electron chi connectivity index (χ4n) is 0.266. The van der Waals surface area contributed by atoms with Gasteiger partial charge in [-0.2, -0.15) is 11.8 Å². The first-order valence-electron chi connectivity index (χ1n) is 2.46. The Hall–Kier alpha value is -0.620. The van der Waals surface area contributed by atoms with Gasteiger partial charge in [0.1, 0.15) is 0 Å². The number of thioether (sulfide) groups is 1. The lowest BCUT2D eigenvalue weighted by Gasteiger charge is -1.81. The summed E-state index contributed by atoms with van der Waals surface area (Å²) in [6.45, 7) is 0.407. The normalized spacial score (nSPS) is 7.22. The third-order valence-corrected chi connectivity index (χ3v) is 1.02. The van der Waals surface area contributed by atoms with Crippen LogP contribution in [0, 0.1) is 11.8 Å². The number of nitrogens with one attached hydrogen (secondary N) is 1. The van der Waals surface area contributed by atoms with Crippen molar-refractivity contribution in [3.63, 3.8) is 0 Å². The molecule has 0 bridgehead atoms. The first kappa shape index (κ1) is 8.38. The molecular weight excluding hydrogens is 134 g/mol. The van der Waals surface area contributed by atoms with Gasteiger partial charge in [-0.15, -0.1) is 0 Å². The average Bonchev–Trinajstić information content (AvgIpc) is 1.89. The number of rotatable bonds is 3. The van der Waals surface area contributed by atoms with Crippen LogP contribution in [0.1, 0.15) is 0 Å². The van der Waals surface area contributed by atoms with Gasteiger partial charge in [-0.25, -0.2) is 0 Å². The van der Waals surface area contributed by atoms with Crippen LogP contribution in [0.3, 0.4) is 0 Å². The summed E-state index contributed by atoms with van der Waals surface area (Å²) in [7, 11) is 0. The maximum atomic E-state index is 9.53. The molecule has 0 aliphatic heterocycles. The minimum atomic E-state index is 0.407. The van der Waals surface area contributed by atoms with E-state index in [4.69, 9.17) is 0 Å². The van der Waals surface area contributed by atoms with Gasteiger partial charge in [0, 0.05) is 0 Å². The van der Waals surface area contributed by atoms with E-state index in [1.807, 2.05) is 6.26 Å². The number of carbonyl (C=O) groups excluding carboxylic acids is 1. The Labute approximate surface area is 59.4 Å². The maximum Gasteiger partial charge on any atom is 0.310 e. The fraction of sp³-hybridized carbons (Fsp3) is 0.500. The van der Waals surface area contributed by atoms with Gasteiger partial charge in [0.2, 0.25) is 0 Å². The van der Waals surface area contributed by atoms with Crippen molar-refractivity contribution in [1.82, 2.24) is 5.32 Å². The summed E-state index contributed by atoms with van der Waals surface area (Å²) >= 11 is 1.66. The lowest BCUT2D eigenvalue weighted by molar-refractivity contribution is 0.546. The summed E-state index contributed by atoms with van der Waals surface area (Å²) in [5.74, 6) is 6.40. The van der Waals surface area contributed by atoms with Crippen molar-refractivity contribution in [1.29, 1.82) is 0 Å². The second kappa shape index (κ2) is 7.38. The van der Waals surface area contributed by atoms with Crippen LogP contribution < -0.4 is 5.32 Å². The molecular formula is C6H8NOS. The summed E-state index contributed by atoms with van der Waals surface area (Å²) in [6.07, 6.45) is 3.52. The van der Waals surface area contributed by atoms with Gasteiger partial charge in [-0.3, -0.25) is 4.79 Å². The van der Waals surface area contributed by atoms with E-state index >= 15 is 0 Å². The molecule has 9 heavy (non-hydrogen) atoms. The van der Waals surface area contributed by atoms with Crippen LogP contribution in [-0.2, 0) is 4.79 Å². The molecule has 1 radical (unpaired) electrons. The molecule has 3 heteroatoms. The van der Waals surface area contributed by atoms with Gasteiger partial charge < -0.3 is 5.32 Å². The van der Waals surface area contributed by atoms with E-state index in [9.17, 15) is 4.79 Å². The average molecular weight is 142 g/mol. The van der Waals surface area contributed by atoms with E-state index in [2.05, 4.69) is 17.2 Å². The molecule has 2 nitrogen and oxygen atoms in total. The molecule has 0 aliphatic rings. The second-order valence-electron chi connectivity index (χ2n) is 1.24. The van der Waals surface area contributed by atoms with Crippen molar-refractivity contribution in [2.75, 3.05) is 18.6 Å². The summed E-state index contributed by atoms with van der Waals surface area (Å²) in [5, 5.41) is 2.32. The van der Waals surface area contributed by atoms with E-state index in [1.54, 1.807) is 11.8 Å². The summed E-state index contributed by atoms with van der Waals surface area (Å²) in [5.41, 5.74) is 0. The number of hydrogen-bond acceptors (Lipinski definition) is 2. The van der Waals surface area contributed by atoms with Gasteiger partial charge in [0.15, 0.2) is 0 Å². The third-order valence-electron chi connectivity index (χ3n) is 0.590. The lowest BCUT2D eigenvalue weighted by atomic mass is 10.6. The van der Waals surface area contributed by atoms with Crippen molar-refractivity contribution in [2.24, 2.45) is 0 Å². The summed E-state index contributed by atoms with van der Waals surface area (Å²) < 4.78 is 0. The van der Waals surface area contributed by atoms with Crippen molar-refractivity contribution >= 4 is 18.2 Å². The van der Waals surface area contributed by atoms with E-state index in [-0.39, 0.29) is 0 Å². The maximum absolute atomic E-state index is 9.53. The minimum absolute atomic E-state index is 0.407. The van der Waals surface area contributed by atoms with Crippen LogP contribution in [0.25, 0.3) is 0 Å². The van der Waals surface area contributed by atoms with Crippen LogP contribution >= 0.6 is 11.8 Å². The molecule has 0 aromatic rings. The quantitative estimate of drug-likeness (QED) is 0.341. The Bertz CT molecular complexity index is 125. The van der Waals surface area contributed by atoms with Crippen LogP contribution in [0.15, 0.2) is 0 Å². The monoisotopic (exact) mass is 142 g/mol. The molecule has 0 saturated carbocycles. The van der Waals surface area contributed by atoms with E-state index < -0.39 is 0 Å². The SMILES string of the molecule is CSCC#CCN[C]=O. The standard InChI is InChI=1S/C6H8NOS/c1-9-5-3-2-4-7-6-8/h4-5H2,1H3,(H,7,8). The van der Waals surface area contributed by atoms with E-state index in [1.165, 1.54) is 6.41 Å². The zero-order valence-electron chi connectivity index (χ0n) is 5.23. The largest absolute Gasteiger partial charge is 0.337 e. The molecule has 0 spiro atoms. The van der Waals surface area contributed by atoms with Gasteiger partial charge in [-0.1, -0.05) is 11.8 Å². The summed E-state index contributed by atoms with van der Waals surface area (Å²) in [6, 6.07) is 0. The van der Waals surface area contributed by atoms with Crippen LogP contribution in [0.5, 0.6) is 0 Å². The minimum Gasteiger partial charge on any atom is -0.337 e. The Morgan fingerprint density at radius 2 is 2.33 bits per heavy atom. The molecule has 0 aromatic heterocycles. The fourth-order valence-corrected chi connectivity index (χ4v) is 0.512. The first-order valence-corrected chi connectivity index (χ1v) is 3.86. The Morgan fingerprint density at radius 3 is 2.89 bits per heavy atom. The number of amides is 1. The highest BCUT2D eigenvalue weighted by atomic mass is 32.2. The van der Waals surface area contributed by atoms with Crippen LogP contribution in [0.2, 0.25) is 0 Å². The Kier molecular flexibility index (Phi) is 6.87. The van der Waals surface area contributed by atoms with Crippen molar-refractivity contribution in [2.45, 2.75) is 0 Å². The van der Waals surface area contributed by atoms with Crippen molar-refractivity contribution < 1.29 is 4.79 Å². The van der Waals surface area contributed by atoms with Gasteiger partial charge >= 0.3 is 6.41 Å². The Morgan fingerprint density at radius 1 is 1.56 bits per heavy atom. The van der Waals surface area contributed by atoms with E-state index in [0.717, 1.165) is 5.75 Å². The highest BCUT2D eigenvalue weighted by Crippen LogP contribution is 1.85. The molecule has 1 N–H and O–H groups in total. The molecule has 0 rings (SSSR count). The van der Waals surface area contributed by atoms with Crippen LogP contribution in [-0.4, -0.2) is 25.0 Å². The zero-order valence-corrected chi connectivity index (χ0v) is 6.05. The van der Waals surface area contributed by atoms with Crippen LogP contribution in [0.4, 0.5) is 0 Å². The summed E-state index contributed by atoms with van der Waals surface area (Å²) in [4.78, 5) is 9.53. The number of hydrogen-bond donors (Lipinski definition) is 1. The first-order chi connectivity index (χ1) is 4.41. The molecule has 0 aliphatic carbocycles. The zero-order chi connectivity index (χ0) is 6.95. The smallest absolute Gasteiger partial charge is 0.310 e. The second-order valence-corrected chi connectivity index (χ2v) is 2.11. The topological polar surface area (TPSA) is 29.1 Å². The van der Waals surface area contributed by atoms with Gasteiger partial charge in [0.05, 0.1) is 12.3 Å². The molecule has 0 fully saturated rings. The molecule has 0 heterocycles. The molecule has 0 atom stereocenters. The van der Waals surface area contributed by atoms with Gasteiger partial charge in [-0.05, 0) is 6.26 Å². The molecule has 49 valence electrons.